The summed E-state index contributed by atoms with van der Waals surface area (Å²) in [5.74, 6) is -0.319. The third-order valence-corrected chi connectivity index (χ3v) is 3.17. The summed E-state index contributed by atoms with van der Waals surface area (Å²) >= 11 is 0. The number of benzene rings is 1. The highest BCUT2D eigenvalue weighted by Gasteiger charge is 2.54. The minimum Gasteiger partial charge on any atom is -0.511 e. The molecule has 0 bridgehead atoms. The van der Waals surface area contributed by atoms with E-state index in [1.807, 2.05) is 24.3 Å². The molecule has 5 heteroatoms. The van der Waals surface area contributed by atoms with Crippen molar-refractivity contribution < 1.29 is 9.90 Å². The van der Waals surface area contributed by atoms with Crippen molar-refractivity contribution in [3.8, 4) is 6.07 Å². The number of nitriles is 1. The molecule has 5 nitrogen and oxygen atoms in total. The summed E-state index contributed by atoms with van der Waals surface area (Å²) < 4.78 is 0. The van der Waals surface area contributed by atoms with E-state index in [0.29, 0.717) is 5.69 Å². The van der Waals surface area contributed by atoms with E-state index in [2.05, 4.69) is 10.6 Å². The lowest BCUT2D eigenvalue weighted by atomic mass is 9.73. The lowest BCUT2D eigenvalue weighted by Crippen LogP contribution is -2.58. The smallest absolute Gasteiger partial charge is 0.256 e. The zero-order valence-electron chi connectivity index (χ0n) is 8.82. The number of carbonyl (C=O) groups excluding carboxylic acids is 1. The molecule has 3 N–H and O–H groups in total. The van der Waals surface area contributed by atoms with Crippen molar-refractivity contribution in [1.29, 1.82) is 5.26 Å². The number of amides is 1. The van der Waals surface area contributed by atoms with Crippen LogP contribution in [0.1, 0.15) is 6.42 Å². The standard InChI is InChI=1S/C12H9N3O2/c13-6-7-10(16)5-12(7)11(17)14-8-3-1-2-4-9(8)15-12/h1-4,15-16H,5H2,(H,14,17). The molecule has 1 aliphatic carbocycles. The molecule has 84 valence electrons. The minimum atomic E-state index is -1.09. The summed E-state index contributed by atoms with van der Waals surface area (Å²) in [4.78, 5) is 12.0. The topological polar surface area (TPSA) is 85.2 Å². The van der Waals surface area contributed by atoms with Gasteiger partial charge in [0.2, 0.25) is 0 Å². The Kier molecular flexibility index (Phi) is 1.72. The van der Waals surface area contributed by atoms with Crippen LogP contribution in [0.4, 0.5) is 11.4 Å². The first-order chi connectivity index (χ1) is 8.17. The third kappa shape index (κ3) is 1.09. The summed E-state index contributed by atoms with van der Waals surface area (Å²) in [6.07, 6.45) is 0.149. The predicted molar refractivity (Wildman–Crippen MR) is 61.3 cm³/mol. The van der Waals surface area contributed by atoms with Crippen molar-refractivity contribution in [2.75, 3.05) is 10.6 Å². The molecule has 2 aliphatic rings. The van der Waals surface area contributed by atoms with Gasteiger partial charge in [-0.05, 0) is 12.1 Å². The van der Waals surface area contributed by atoms with E-state index in [9.17, 15) is 9.90 Å². The van der Waals surface area contributed by atoms with Crippen LogP contribution >= 0.6 is 0 Å². The molecule has 0 radical (unpaired) electrons. The van der Waals surface area contributed by atoms with Crippen molar-refractivity contribution in [2.45, 2.75) is 12.0 Å². The molecule has 1 unspecified atom stereocenters. The minimum absolute atomic E-state index is 0.0190. The van der Waals surface area contributed by atoms with Crippen LogP contribution in [0.3, 0.4) is 0 Å². The number of nitrogens with one attached hydrogen (secondary N) is 2. The third-order valence-electron chi connectivity index (χ3n) is 3.17. The fourth-order valence-electron chi connectivity index (χ4n) is 2.24. The molecular formula is C12H9N3O2. The largest absolute Gasteiger partial charge is 0.511 e. The molecule has 1 amide bonds. The first-order valence-electron chi connectivity index (χ1n) is 5.19. The summed E-state index contributed by atoms with van der Waals surface area (Å²) in [6, 6.07) is 9.13. The summed E-state index contributed by atoms with van der Waals surface area (Å²) in [7, 11) is 0. The van der Waals surface area contributed by atoms with E-state index >= 15 is 0 Å². The lowest BCUT2D eigenvalue weighted by molar-refractivity contribution is -0.120. The number of para-hydroxylation sites is 2. The first kappa shape index (κ1) is 9.73. The number of hydrogen-bond acceptors (Lipinski definition) is 4. The molecule has 1 spiro atoms. The molecule has 0 saturated carbocycles. The monoisotopic (exact) mass is 227 g/mol. The van der Waals surface area contributed by atoms with E-state index in [4.69, 9.17) is 5.26 Å². The Balaban J connectivity index is 2.09. The number of aliphatic hydroxyl groups excluding tert-OH is 1. The average molecular weight is 227 g/mol. The molecule has 1 heterocycles. The van der Waals surface area contributed by atoms with Gasteiger partial charge in [-0.1, -0.05) is 12.1 Å². The van der Waals surface area contributed by atoms with Gasteiger partial charge in [-0.25, -0.2) is 0 Å². The second-order valence-electron chi connectivity index (χ2n) is 4.14. The van der Waals surface area contributed by atoms with Crippen LogP contribution in [-0.2, 0) is 4.79 Å². The van der Waals surface area contributed by atoms with Gasteiger partial charge in [-0.2, -0.15) is 5.26 Å². The summed E-state index contributed by atoms with van der Waals surface area (Å²) in [6.45, 7) is 0. The van der Waals surface area contributed by atoms with Gasteiger partial charge in [0.1, 0.15) is 17.4 Å². The average Bonchev–Trinajstić information content (AvgIpc) is 2.30. The highest BCUT2D eigenvalue weighted by Crippen LogP contribution is 2.44. The SMILES string of the molecule is N#CC1=C(O)CC12Nc1ccccc1NC2=O. The maximum absolute atomic E-state index is 12.0. The van der Waals surface area contributed by atoms with Gasteiger partial charge in [0, 0.05) is 6.42 Å². The van der Waals surface area contributed by atoms with Crippen molar-refractivity contribution in [1.82, 2.24) is 0 Å². The molecule has 1 aliphatic heterocycles. The van der Waals surface area contributed by atoms with E-state index in [-0.39, 0.29) is 23.7 Å². The normalized spacial score (nSPS) is 25.5. The second kappa shape index (κ2) is 3.01. The van der Waals surface area contributed by atoms with Crippen LogP contribution in [0.5, 0.6) is 0 Å². The van der Waals surface area contributed by atoms with Crippen LogP contribution in [0.15, 0.2) is 35.6 Å². The van der Waals surface area contributed by atoms with E-state index in [1.165, 1.54) is 0 Å². The summed E-state index contributed by atoms with van der Waals surface area (Å²) in [5, 5.41) is 24.2. The Labute approximate surface area is 97.4 Å². The molecule has 1 aromatic carbocycles. The number of aliphatic hydroxyl groups is 1. The van der Waals surface area contributed by atoms with Gasteiger partial charge >= 0.3 is 0 Å². The van der Waals surface area contributed by atoms with Crippen molar-refractivity contribution in [3.63, 3.8) is 0 Å². The van der Waals surface area contributed by atoms with Crippen LogP contribution in [0.2, 0.25) is 0 Å². The fourth-order valence-corrected chi connectivity index (χ4v) is 2.24. The number of nitrogens with zero attached hydrogens (tertiary/aromatic N) is 1. The maximum atomic E-state index is 12.0. The van der Waals surface area contributed by atoms with Crippen LogP contribution in [0, 0.1) is 11.3 Å². The Bertz CT molecular complexity index is 600. The van der Waals surface area contributed by atoms with Gasteiger partial charge in [-0.3, -0.25) is 4.79 Å². The second-order valence-corrected chi connectivity index (χ2v) is 4.14. The van der Waals surface area contributed by atoms with Crippen LogP contribution < -0.4 is 10.6 Å². The molecule has 1 atom stereocenters. The van der Waals surface area contributed by atoms with Crippen molar-refractivity contribution >= 4 is 17.3 Å². The van der Waals surface area contributed by atoms with Gasteiger partial charge in [0.05, 0.1) is 11.4 Å². The zero-order chi connectivity index (χ0) is 12.0. The van der Waals surface area contributed by atoms with Gasteiger partial charge < -0.3 is 15.7 Å². The number of rotatable bonds is 0. The van der Waals surface area contributed by atoms with E-state index in [1.54, 1.807) is 6.07 Å². The lowest BCUT2D eigenvalue weighted by Gasteiger charge is -2.43. The molecule has 0 saturated heterocycles. The Morgan fingerprint density at radius 2 is 2.06 bits per heavy atom. The quantitative estimate of drug-likeness (QED) is 0.627. The maximum Gasteiger partial charge on any atom is 0.256 e. The van der Waals surface area contributed by atoms with E-state index in [0.717, 1.165) is 5.69 Å². The zero-order valence-corrected chi connectivity index (χ0v) is 8.82. The summed E-state index contributed by atoms with van der Waals surface area (Å²) in [5.41, 5.74) is 0.455. The number of carbonyl (C=O) groups is 1. The Morgan fingerprint density at radius 3 is 2.71 bits per heavy atom. The molecule has 17 heavy (non-hydrogen) atoms. The Hall–Kier alpha value is -2.48. The van der Waals surface area contributed by atoms with Crippen molar-refractivity contribution in [3.05, 3.63) is 35.6 Å². The highest BCUT2D eigenvalue weighted by molar-refractivity contribution is 6.10. The van der Waals surface area contributed by atoms with Gasteiger partial charge in [-0.15, -0.1) is 0 Å². The predicted octanol–water partition coefficient (Wildman–Crippen LogP) is 1.53. The number of fused-ring (bicyclic) bond motifs is 1. The number of hydrogen-bond donors (Lipinski definition) is 3. The van der Waals surface area contributed by atoms with Crippen LogP contribution in [-0.4, -0.2) is 16.6 Å². The van der Waals surface area contributed by atoms with Crippen molar-refractivity contribution in [2.24, 2.45) is 0 Å². The first-order valence-corrected chi connectivity index (χ1v) is 5.19. The molecule has 0 aromatic heterocycles. The fraction of sp³-hybridized carbons (Fsp3) is 0.167. The highest BCUT2D eigenvalue weighted by atomic mass is 16.3. The van der Waals surface area contributed by atoms with Gasteiger partial charge in [0.15, 0.2) is 5.54 Å². The molecule has 3 rings (SSSR count). The van der Waals surface area contributed by atoms with Gasteiger partial charge in [0.25, 0.3) is 5.91 Å². The van der Waals surface area contributed by atoms with E-state index < -0.39 is 5.54 Å². The Morgan fingerprint density at radius 1 is 1.35 bits per heavy atom. The molecule has 1 aromatic rings. The van der Waals surface area contributed by atoms with Crippen LogP contribution in [0.25, 0.3) is 0 Å². The molecule has 0 fully saturated rings. The number of anilines is 2. The molecular weight excluding hydrogens is 218 g/mol.